The first-order valence-corrected chi connectivity index (χ1v) is 6.57. The summed E-state index contributed by atoms with van der Waals surface area (Å²) < 4.78 is 0. The van der Waals surface area contributed by atoms with Crippen molar-refractivity contribution in [1.29, 1.82) is 0 Å². The van der Waals surface area contributed by atoms with E-state index >= 15 is 0 Å². The molecule has 0 saturated carbocycles. The molecule has 0 aliphatic heterocycles. The van der Waals surface area contributed by atoms with E-state index in [0.29, 0.717) is 16.7 Å². The Balaban J connectivity index is 1.93. The van der Waals surface area contributed by atoms with Crippen LogP contribution in [0.25, 0.3) is 0 Å². The van der Waals surface area contributed by atoms with Crippen LogP contribution in [0.4, 0.5) is 9.93 Å². The normalized spacial score (nSPS) is 10.1. The lowest BCUT2D eigenvalue weighted by Crippen LogP contribution is -2.30. The molecule has 0 saturated heterocycles. The van der Waals surface area contributed by atoms with Crippen LogP contribution >= 0.6 is 22.9 Å². The van der Waals surface area contributed by atoms with Crippen LogP contribution in [0.2, 0.25) is 5.02 Å². The van der Waals surface area contributed by atoms with Gasteiger partial charge in [-0.15, -0.1) is 11.3 Å². The predicted molar refractivity (Wildman–Crippen MR) is 74.1 cm³/mol. The first-order valence-electron chi connectivity index (χ1n) is 5.31. The molecule has 0 fully saturated rings. The maximum absolute atomic E-state index is 11.8. The summed E-state index contributed by atoms with van der Waals surface area (Å²) in [5, 5.41) is 5.82. The Morgan fingerprint density at radius 3 is 2.78 bits per heavy atom. The lowest BCUT2D eigenvalue weighted by molar-refractivity contribution is 0.220. The van der Waals surface area contributed by atoms with Gasteiger partial charge in [0.15, 0.2) is 5.13 Å². The molecule has 2 amide bonds. The molecule has 0 bridgehead atoms. The number of anilines is 1. The van der Waals surface area contributed by atoms with Crippen LogP contribution in [0.15, 0.2) is 35.8 Å². The van der Waals surface area contributed by atoms with Crippen LogP contribution in [-0.2, 0) is 6.54 Å². The molecule has 0 spiro atoms. The van der Waals surface area contributed by atoms with Gasteiger partial charge in [-0.2, -0.15) is 0 Å². The summed E-state index contributed by atoms with van der Waals surface area (Å²) in [6.45, 7) is 0.522. The van der Waals surface area contributed by atoms with E-state index in [4.69, 9.17) is 11.6 Å². The predicted octanol–water partition coefficient (Wildman–Crippen LogP) is 3.46. The number of benzene rings is 1. The number of rotatable bonds is 3. The number of halogens is 1. The minimum Gasteiger partial charge on any atom is -0.323 e. The van der Waals surface area contributed by atoms with Crippen molar-refractivity contribution < 1.29 is 4.79 Å². The van der Waals surface area contributed by atoms with Crippen molar-refractivity contribution in [1.82, 2.24) is 9.88 Å². The Hall–Kier alpha value is -1.59. The van der Waals surface area contributed by atoms with Crippen molar-refractivity contribution in [2.75, 3.05) is 12.4 Å². The van der Waals surface area contributed by atoms with Crippen LogP contribution in [-0.4, -0.2) is 23.0 Å². The first kappa shape index (κ1) is 12.9. The van der Waals surface area contributed by atoms with Crippen LogP contribution in [0.3, 0.4) is 0 Å². The first-order chi connectivity index (χ1) is 8.65. The fourth-order valence-corrected chi connectivity index (χ4v) is 2.05. The number of amides is 2. The van der Waals surface area contributed by atoms with E-state index < -0.39 is 0 Å². The minimum atomic E-state index is -0.181. The van der Waals surface area contributed by atoms with E-state index in [2.05, 4.69) is 10.3 Å². The van der Waals surface area contributed by atoms with E-state index in [-0.39, 0.29) is 6.03 Å². The highest BCUT2D eigenvalue weighted by atomic mass is 35.5. The molecular weight excluding hydrogens is 270 g/mol. The molecule has 4 nitrogen and oxygen atoms in total. The van der Waals surface area contributed by atoms with Crippen molar-refractivity contribution >= 4 is 34.1 Å². The fraction of sp³-hybridized carbons (Fsp3) is 0.167. The third kappa shape index (κ3) is 3.45. The SMILES string of the molecule is CN(Cc1ccc(Cl)cc1)C(=O)Nc1nccs1. The number of carbonyl (C=O) groups is 1. The van der Waals surface area contributed by atoms with Gasteiger partial charge in [-0.05, 0) is 17.7 Å². The van der Waals surface area contributed by atoms with Gasteiger partial charge in [-0.1, -0.05) is 23.7 Å². The highest BCUT2D eigenvalue weighted by Crippen LogP contribution is 2.13. The molecule has 1 aromatic carbocycles. The Morgan fingerprint density at radius 1 is 1.44 bits per heavy atom. The summed E-state index contributed by atoms with van der Waals surface area (Å²) in [4.78, 5) is 17.4. The molecule has 0 aliphatic carbocycles. The molecule has 0 atom stereocenters. The smallest absolute Gasteiger partial charge is 0.323 e. The Bertz CT molecular complexity index is 513. The van der Waals surface area contributed by atoms with Gasteiger partial charge in [0.25, 0.3) is 0 Å². The number of hydrogen-bond acceptors (Lipinski definition) is 3. The van der Waals surface area contributed by atoms with Crippen LogP contribution < -0.4 is 5.32 Å². The second-order valence-electron chi connectivity index (χ2n) is 3.75. The molecule has 94 valence electrons. The zero-order chi connectivity index (χ0) is 13.0. The van der Waals surface area contributed by atoms with Gasteiger partial charge in [-0.25, -0.2) is 9.78 Å². The number of urea groups is 1. The van der Waals surface area contributed by atoms with Crippen molar-refractivity contribution in [2.24, 2.45) is 0 Å². The molecule has 2 aromatic rings. The van der Waals surface area contributed by atoms with E-state index in [9.17, 15) is 4.79 Å². The van der Waals surface area contributed by atoms with Crippen LogP contribution in [0.1, 0.15) is 5.56 Å². The second kappa shape index (κ2) is 5.84. The zero-order valence-corrected chi connectivity index (χ0v) is 11.3. The van der Waals surface area contributed by atoms with Gasteiger partial charge in [-0.3, -0.25) is 5.32 Å². The molecule has 1 N–H and O–H groups in total. The van der Waals surface area contributed by atoms with Crippen molar-refractivity contribution in [3.8, 4) is 0 Å². The fourth-order valence-electron chi connectivity index (χ4n) is 1.41. The molecular formula is C12H12ClN3OS. The summed E-state index contributed by atoms with van der Waals surface area (Å²) in [5.41, 5.74) is 1.02. The third-order valence-corrected chi connectivity index (χ3v) is 3.27. The maximum atomic E-state index is 11.8. The molecule has 2 rings (SSSR count). The number of nitrogens with zero attached hydrogens (tertiary/aromatic N) is 2. The van der Waals surface area contributed by atoms with Gasteiger partial charge < -0.3 is 4.90 Å². The third-order valence-electron chi connectivity index (χ3n) is 2.33. The van der Waals surface area contributed by atoms with Crippen molar-refractivity contribution in [2.45, 2.75) is 6.54 Å². The van der Waals surface area contributed by atoms with E-state index in [1.54, 1.807) is 18.1 Å². The minimum absolute atomic E-state index is 0.181. The largest absolute Gasteiger partial charge is 0.323 e. The Morgan fingerprint density at radius 2 is 2.17 bits per heavy atom. The Kier molecular flexibility index (Phi) is 4.17. The lowest BCUT2D eigenvalue weighted by Gasteiger charge is -2.17. The summed E-state index contributed by atoms with van der Waals surface area (Å²) in [6, 6.07) is 7.23. The standard InChI is InChI=1S/C12H12ClN3OS/c1-16(8-9-2-4-10(13)5-3-9)12(17)15-11-14-6-7-18-11/h2-7H,8H2,1H3,(H,14,15,17). The van der Waals surface area contributed by atoms with Crippen LogP contribution in [0, 0.1) is 0 Å². The van der Waals surface area contributed by atoms with E-state index in [0.717, 1.165) is 5.56 Å². The van der Waals surface area contributed by atoms with Gasteiger partial charge in [0.05, 0.1) is 0 Å². The van der Waals surface area contributed by atoms with E-state index in [1.165, 1.54) is 11.3 Å². The molecule has 18 heavy (non-hydrogen) atoms. The van der Waals surface area contributed by atoms with Crippen molar-refractivity contribution in [3.63, 3.8) is 0 Å². The lowest BCUT2D eigenvalue weighted by atomic mass is 10.2. The monoisotopic (exact) mass is 281 g/mol. The zero-order valence-electron chi connectivity index (χ0n) is 9.76. The summed E-state index contributed by atoms with van der Waals surface area (Å²) in [6.07, 6.45) is 1.65. The topological polar surface area (TPSA) is 45.2 Å². The molecule has 0 radical (unpaired) electrons. The average Bonchev–Trinajstić information content (AvgIpc) is 2.85. The van der Waals surface area contributed by atoms with Gasteiger partial charge in [0, 0.05) is 30.2 Å². The van der Waals surface area contributed by atoms with Crippen LogP contribution in [0.5, 0.6) is 0 Å². The quantitative estimate of drug-likeness (QED) is 0.936. The maximum Gasteiger partial charge on any atom is 0.323 e. The van der Waals surface area contributed by atoms with Gasteiger partial charge in [0.2, 0.25) is 0 Å². The molecule has 6 heteroatoms. The highest BCUT2D eigenvalue weighted by Gasteiger charge is 2.10. The summed E-state index contributed by atoms with van der Waals surface area (Å²) in [5.74, 6) is 0. The number of aromatic nitrogens is 1. The molecule has 1 heterocycles. The van der Waals surface area contributed by atoms with Gasteiger partial charge in [0.1, 0.15) is 0 Å². The number of thiazole rings is 1. The Labute approximate surface area is 114 Å². The summed E-state index contributed by atoms with van der Waals surface area (Å²) in [7, 11) is 1.73. The summed E-state index contributed by atoms with van der Waals surface area (Å²) >= 11 is 7.20. The number of carbonyl (C=O) groups excluding carboxylic acids is 1. The molecule has 1 aromatic heterocycles. The highest BCUT2D eigenvalue weighted by molar-refractivity contribution is 7.13. The van der Waals surface area contributed by atoms with Gasteiger partial charge >= 0.3 is 6.03 Å². The number of hydrogen-bond donors (Lipinski definition) is 1. The number of nitrogens with one attached hydrogen (secondary N) is 1. The molecule has 0 unspecified atom stereocenters. The van der Waals surface area contributed by atoms with Crippen molar-refractivity contribution in [3.05, 3.63) is 46.4 Å². The molecule has 0 aliphatic rings. The van der Waals surface area contributed by atoms with E-state index in [1.807, 2.05) is 29.6 Å². The second-order valence-corrected chi connectivity index (χ2v) is 5.08. The average molecular weight is 282 g/mol.